The van der Waals surface area contributed by atoms with Crippen LogP contribution in [0.5, 0.6) is 11.5 Å². The number of primary amides is 2. The molecule has 6 N–H and O–H groups in total. The molecule has 0 saturated heterocycles. The van der Waals surface area contributed by atoms with Gasteiger partial charge in [-0.25, -0.2) is 4.98 Å². The molecule has 0 bridgehead atoms. The van der Waals surface area contributed by atoms with Crippen LogP contribution in [-0.4, -0.2) is 69.5 Å². The highest BCUT2D eigenvalue weighted by atomic mass is 32.1. The van der Waals surface area contributed by atoms with Gasteiger partial charge in [-0.15, -0.1) is 0 Å². The Morgan fingerprint density at radius 2 is 1.47 bits per heavy atom. The summed E-state index contributed by atoms with van der Waals surface area (Å²) in [6, 6.07) is 9.15. The highest BCUT2D eigenvalue weighted by molar-refractivity contribution is 7.16. The maximum absolute atomic E-state index is 13.5. The number of imidazole rings is 1. The number of carbonyl (C=O) groups excluding carboxylic acids is 4. The van der Waals surface area contributed by atoms with Gasteiger partial charge in [-0.05, 0) is 64.1 Å². The van der Waals surface area contributed by atoms with E-state index in [0.29, 0.717) is 62.9 Å². The molecule has 0 aliphatic carbocycles. The zero-order valence-corrected chi connectivity index (χ0v) is 30.4. The fourth-order valence-corrected chi connectivity index (χ4v) is 7.08. The van der Waals surface area contributed by atoms with Gasteiger partial charge in [0.25, 0.3) is 11.8 Å². The molecule has 0 spiro atoms. The number of methoxy groups -OCH3 is 1. The topological polar surface area (TPSA) is 233 Å². The predicted molar refractivity (Wildman–Crippen MR) is 197 cm³/mol. The summed E-state index contributed by atoms with van der Waals surface area (Å²) in [5.74, 6) is -2.10. The van der Waals surface area contributed by atoms with Crippen LogP contribution in [0.1, 0.15) is 66.9 Å². The molecule has 0 aliphatic heterocycles. The third kappa shape index (κ3) is 7.03. The van der Waals surface area contributed by atoms with Crippen LogP contribution < -0.4 is 26.3 Å². The van der Waals surface area contributed by atoms with Crippen molar-refractivity contribution in [3.8, 4) is 11.5 Å². The van der Waals surface area contributed by atoms with Crippen molar-refractivity contribution < 1.29 is 29.0 Å². The SMILES string of the molecule is CCn1nc(C)cc1C(=O)N=c1sc2cc(C(N)=O)cc(O)c2n1C/C=C/Cn1c(NC(=O)c2cc(C)nn2CC)nc2cc(C(N)=O)cc(OC)c21. The van der Waals surface area contributed by atoms with E-state index >= 15 is 0 Å². The first-order valence-corrected chi connectivity index (χ1v) is 17.3. The predicted octanol–water partition coefficient (Wildman–Crippen LogP) is 3.26. The second kappa shape index (κ2) is 14.6. The van der Waals surface area contributed by atoms with Gasteiger partial charge in [0.05, 0.1) is 28.7 Å². The summed E-state index contributed by atoms with van der Waals surface area (Å²) >= 11 is 1.11. The van der Waals surface area contributed by atoms with Crippen molar-refractivity contribution in [1.82, 2.24) is 33.7 Å². The van der Waals surface area contributed by atoms with Crippen LogP contribution in [0.3, 0.4) is 0 Å². The van der Waals surface area contributed by atoms with Crippen molar-refractivity contribution >= 4 is 62.2 Å². The fraction of sp³-hybridized carbons (Fsp3) is 0.257. The van der Waals surface area contributed by atoms with Gasteiger partial charge in [-0.3, -0.25) is 33.9 Å². The molecule has 6 aromatic rings. The molecule has 6 rings (SSSR count). The first-order chi connectivity index (χ1) is 25.3. The summed E-state index contributed by atoms with van der Waals surface area (Å²) in [6.45, 7) is 8.54. The Labute approximate surface area is 305 Å². The summed E-state index contributed by atoms with van der Waals surface area (Å²) in [5, 5.41) is 22.6. The van der Waals surface area contributed by atoms with Gasteiger partial charge in [-0.2, -0.15) is 15.2 Å². The van der Waals surface area contributed by atoms with Crippen LogP contribution in [-0.2, 0) is 26.2 Å². The van der Waals surface area contributed by atoms with Crippen LogP contribution in [0.25, 0.3) is 21.3 Å². The number of ether oxygens (including phenoxy) is 1. The van der Waals surface area contributed by atoms with Gasteiger partial charge < -0.3 is 30.4 Å². The number of nitrogens with one attached hydrogen (secondary N) is 1. The van der Waals surface area contributed by atoms with E-state index in [-0.39, 0.29) is 40.7 Å². The number of thiazole rings is 1. The lowest BCUT2D eigenvalue weighted by Gasteiger charge is -2.11. The van der Waals surface area contributed by atoms with Crippen LogP contribution in [0, 0.1) is 13.8 Å². The van der Waals surface area contributed by atoms with E-state index in [1.807, 2.05) is 13.8 Å². The lowest BCUT2D eigenvalue weighted by molar-refractivity contribution is 0.0982. The zero-order valence-electron chi connectivity index (χ0n) is 29.6. The normalized spacial score (nSPS) is 12.0. The number of phenols is 1. The maximum atomic E-state index is 13.5. The Hall–Kier alpha value is -6.56. The van der Waals surface area contributed by atoms with E-state index < -0.39 is 23.6 Å². The van der Waals surface area contributed by atoms with E-state index in [1.165, 1.54) is 31.4 Å². The number of hydrogen-bond donors (Lipinski definition) is 4. The Morgan fingerprint density at radius 1 is 0.868 bits per heavy atom. The van der Waals surface area contributed by atoms with Gasteiger partial charge in [0.2, 0.25) is 17.8 Å². The van der Waals surface area contributed by atoms with Crippen molar-refractivity contribution in [3.63, 3.8) is 0 Å². The smallest absolute Gasteiger partial charge is 0.297 e. The molecule has 18 heteroatoms. The second-order valence-electron chi connectivity index (χ2n) is 12.0. The van der Waals surface area contributed by atoms with E-state index in [0.717, 1.165) is 11.3 Å². The molecule has 0 saturated carbocycles. The average molecular weight is 740 g/mol. The number of nitrogens with zero attached hydrogens (tertiary/aromatic N) is 8. The Bertz CT molecular complexity index is 2550. The summed E-state index contributed by atoms with van der Waals surface area (Å²) < 4.78 is 12.6. The molecule has 274 valence electrons. The van der Waals surface area contributed by atoms with Crippen molar-refractivity contribution in [3.05, 3.63) is 87.3 Å². The lowest BCUT2D eigenvalue weighted by Crippen LogP contribution is -2.20. The van der Waals surface area contributed by atoms with E-state index in [9.17, 15) is 24.3 Å². The number of allylic oxidation sites excluding steroid dienone is 2. The van der Waals surface area contributed by atoms with Crippen molar-refractivity contribution in [2.75, 3.05) is 12.4 Å². The number of carbonyl (C=O) groups is 4. The third-order valence-corrected chi connectivity index (χ3v) is 9.40. The van der Waals surface area contributed by atoms with Crippen LogP contribution in [0.2, 0.25) is 0 Å². The summed E-state index contributed by atoms with van der Waals surface area (Å²) in [4.78, 5) is 60.3. The number of phenolic OH excluding ortho intramolecular Hbond substituents is 1. The minimum Gasteiger partial charge on any atom is -0.506 e. The van der Waals surface area contributed by atoms with Gasteiger partial charge >= 0.3 is 0 Å². The quantitative estimate of drug-likeness (QED) is 0.135. The fourth-order valence-electron chi connectivity index (χ4n) is 5.98. The minimum absolute atomic E-state index is 0.101. The molecule has 0 fully saturated rings. The number of amides is 4. The Morgan fingerprint density at radius 3 is 2.09 bits per heavy atom. The number of nitrogens with two attached hydrogens (primary N) is 2. The highest BCUT2D eigenvalue weighted by Crippen LogP contribution is 2.32. The third-order valence-electron chi connectivity index (χ3n) is 8.37. The molecule has 2 aromatic carbocycles. The first kappa shape index (κ1) is 36.2. The molecule has 4 amide bonds. The monoisotopic (exact) mass is 739 g/mol. The number of fused-ring (bicyclic) bond motifs is 2. The molecule has 4 aromatic heterocycles. The van der Waals surface area contributed by atoms with Crippen LogP contribution in [0.4, 0.5) is 5.95 Å². The standard InChI is InChI=1S/C35H37N11O6S/c1-6-45-23(12-18(3)41-45)32(50)39-34-38-22-14-20(30(36)48)16-26(52-5)28(22)43(34)10-8-9-11-44-29-25(47)15-21(31(37)49)17-27(29)53-35(44)40-33(51)24-13-19(4)42-46(24)7-2/h8-9,12-17,47H,6-7,10-11H2,1-5H3,(H2,36,48)(H2,37,49)(H,38,39,50)/b9-8+,40-35?. The van der Waals surface area contributed by atoms with Gasteiger partial charge in [0.15, 0.2) is 4.80 Å². The number of rotatable bonds is 12. The first-order valence-electron chi connectivity index (χ1n) is 16.5. The molecule has 0 unspecified atom stereocenters. The molecule has 0 atom stereocenters. The molecule has 0 radical (unpaired) electrons. The molecule has 17 nitrogen and oxygen atoms in total. The number of hydrogen-bond acceptors (Lipinski definition) is 10. The molecular weight excluding hydrogens is 703 g/mol. The van der Waals surface area contributed by atoms with Crippen molar-refractivity contribution in [2.45, 2.75) is 53.9 Å². The van der Waals surface area contributed by atoms with Crippen molar-refractivity contribution in [2.24, 2.45) is 16.5 Å². The van der Waals surface area contributed by atoms with E-state index in [1.54, 1.807) is 56.6 Å². The largest absolute Gasteiger partial charge is 0.506 e. The number of aromatic nitrogens is 7. The number of anilines is 1. The number of aryl methyl sites for hydroxylation is 4. The summed E-state index contributed by atoms with van der Waals surface area (Å²) in [5.41, 5.74) is 14.5. The molecule has 0 aliphatic rings. The molecule has 53 heavy (non-hydrogen) atoms. The van der Waals surface area contributed by atoms with Crippen LogP contribution >= 0.6 is 11.3 Å². The van der Waals surface area contributed by atoms with E-state index in [4.69, 9.17) is 16.2 Å². The molecular formula is C35H37N11O6S. The van der Waals surface area contributed by atoms with E-state index in [2.05, 4.69) is 25.5 Å². The summed E-state index contributed by atoms with van der Waals surface area (Å²) in [7, 11) is 1.45. The minimum atomic E-state index is -0.720. The highest BCUT2D eigenvalue weighted by Gasteiger charge is 2.22. The number of aromatic hydroxyl groups is 1. The van der Waals surface area contributed by atoms with Crippen LogP contribution in [0.15, 0.2) is 53.5 Å². The van der Waals surface area contributed by atoms with Gasteiger partial charge in [0, 0.05) is 37.3 Å². The lowest BCUT2D eigenvalue weighted by atomic mass is 10.1. The maximum Gasteiger partial charge on any atom is 0.297 e. The molecule has 4 heterocycles. The number of benzene rings is 2. The summed E-state index contributed by atoms with van der Waals surface area (Å²) in [6.07, 6.45) is 3.58. The average Bonchev–Trinajstić information content (AvgIpc) is 3.88. The van der Waals surface area contributed by atoms with Gasteiger partial charge in [-0.1, -0.05) is 23.5 Å². The second-order valence-corrected chi connectivity index (χ2v) is 13.0. The zero-order chi connectivity index (χ0) is 38.1. The Balaban J connectivity index is 1.41. The van der Waals surface area contributed by atoms with Crippen molar-refractivity contribution in [1.29, 1.82) is 0 Å². The Kier molecular flexibility index (Phi) is 9.97. The van der Waals surface area contributed by atoms with Gasteiger partial charge in [0.1, 0.15) is 33.9 Å².